The Hall–Kier alpha value is -1.84. The molecule has 2 aromatic carbocycles. The zero-order chi connectivity index (χ0) is 14.8. The Kier molecular flexibility index (Phi) is 3.95. The van der Waals surface area contributed by atoms with Crippen molar-refractivity contribution in [3.05, 3.63) is 64.5 Å². The maximum atomic E-state index is 6.42. The number of likely N-dealkylation sites (N-methyl/N-ethyl adjacent to an activating group) is 1. The van der Waals surface area contributed by atoms with Crippen molar-refractivity contribution in [3.8, 4) is 0 Å². The van der Waals surface area contributed by atoms with Crippen molar-refractivity contribution in [3.63, 3.8) is 0 Å². The first-order valence-electron chi connectivity index (χ1n) is 6.95. The van der Waals surface area contributed by atoms with Crippen LogP contribution in [0.4, 0.5) is 0 Å². The fraction of sp³-hybridized carbons (Fsp3) is 0.235. The average Bonchev–Trinajstić information content (AvgIpc) is 2.90. The van der Waals surface area contributed by atoms with E-state index in [1.165, 1.54) is 0 Å². The second kappa shape index (κ2) is 5.88. The monoisotopic (exact) mass is 300 g/mol. The zero-order valence-corrected chi connectivity index (χ0v) is 12.8. The van der Waals surface area contributed by atoms with Gasteiger partial charge in [0.1, 0.15) is 5.52 Å². The van der Waals surface area contributed by atoms with Crippen LogP contribution < -0.4 is 5.32 Å². The maximum absolute atomic E-state index is 6.42. The first-order valence-corrected chi connectivity index (χ1v) is 7.33. The third-order valence-electron chi connectivity index (χ3n) is 3.66. The van der Waals surface area contributed by atoms with E-state index < -0.39 is 0 Å². The molecule has 0 amide bonds. The van der Waals surface area contributed by atoms with Gasteiger partial charge in [-0.2, -0.15) is 0 Å². The molecule has 108 valence electrons. The van der Waals surface area contributed by atoms with Gasteiger partial charge in [0.2, 0.25) is 0 Å². The maximum Gasteiger partial charge on any atom is 0.197 e. The molecule has 0 aliphatic carbocycles. The van der Waals surface area contributed by atoms with E-state index in [1.807, 2.05) is 56.4 Å². The number of nitrogens with one attached hydrogen (secondary N) is 1. The van der Waals surface area contributed by atoms with E-state index in [-0.39, 0.29) is 6.04 Å². The molecule has 3 rings (SSSR count). The van der Waals surface area contributed by atoms with Gasteiger partial charge in [0.05, 0.1) is 0 Å². The molecule has 21 heavy (non-hydrogen) atoms. The molecule has 1 aromatic heterocycles. The third-order valence-corrected chi connectivity index (χ3v) is 4.18. The lowest BCUT2D eigenvalue weighted by molar-refractivity contribution is 0.474. The molecule has 0 spiro atoms. The van der Waals surface area contributed by atoms with Gasteiger partial charge in [0.15, 0.2) is 11.5 Å². The van der Waals surface area contributed by atoms with Crippen molar-refractivity contribution in [1.29, 1.82) is 0 Å². The topological polar surface area (TPSA) is 38.1 Å². The number of oxazole rings is 1. The Labute approximate surface area is 128 Å². The lowest BCUT2D eigenvalue weighted by Crippen LogP contribution is -2.19. The van der Waals surface area contributed by atoms with E-state index in [0.29, 0.717) is 12.3 Å². The highest BCUT2D eigenvalue weighted by molar-refractivity contribution is 6.32. The Morgan fingerprint density at radius 1 is 1.19 bits per heavy atom. The molecule has 1 N–H and O–H groups in total. The summed E-state index contributed by atoms with van der Waals surface area (Å²) in [5.41, 5.74) is 3.85. The Morgan fingerprint density at radius 2 is 2.00 bits per heavy atom. The molecule has 0 fully saturated rings. The van der Waals surface area contributed by atoms with Crippen molar-refractivity contribution in [2.24, 2.45) is 0 Å². The third kappa shape index (κ3) is 2.80. The standard InChI is InChI=1S/C17H17ClN2O/c1-11-6-5-7-12(17(11)18)14(19-2)10-16-20-13-8-3-4-9-15(13)21-16/h3-9,14,19H,10H2,1-2H3. The lowest BCUT2D eigenvalue weighted by Gasteiger charge is -2.17. The normalized spacial score (nSPS) is 12.7. The number of para-hydroxylation sites is 2. The molecule has 0 aliphatic heterocycles. The minimum absolute atomic E-state index is 0.0745. The Bertz CT molecular complexity index is 733. The minimum Gasteiger partial charge on any atom is -0.441 e. The number of halogens is 1. The second-order valence-corrected chi connectivity index (χ2v) is 5.48. The molecule has 0 saturated heterocycles. The van der Waals surface area contributed by atoms with E-state index in [2.05, 4.69) is 10.3 Å². The van der Waals surface area contributed by atoms with Gasteiger partial charge in [-0.1, -0.05) is 41.9 Å². The van der Waals surface area contributed by atoms with Gasteiger partial charge in [-0.05, 0) is 37.2 Å². The number of rotatable bonds is 4. The van der Waals surface area contributed by atoms with Crippen LogP contribution >= 0.6 is 11.6 Å². The van der Waals surface area contributed by atoms with Gasteiger partial charge in [-0.15, -0.1) is 0 Å². The van der Waals surface area contributed by atoms with Gasteiger partial charge in [-0.25, -0.2) is 4.98 Å². The van der Waals surface area contributed by atoms with Gasteiger partial charge < -0.3 is 9.73 Å². The van der Waals surface area contributed by atoms with E-state index >= 15 is 0 Å². The minimum atomic E-state index is 0.0745. The number of nitrogens with zero attached hydrogens (tertiary/aromatic N) is 1. The predicted molar refractivity (Wildman–Crippen MR) is 85.7 cm³/mol. The number of aromatic nitrogens is 1. The van der Waals surface area contributed by atoms with Crippen molar-refractivity contribution in [1.82, 2.24) is 10.3 Å². The Balaban J connectivity index is 1.92. The molecule has 1 atom stereocenters. The van der Waals surface area contributed by atoms with Crippen molar-refractivity contribution >= 4 is 22.7 Å². The van der Waals surface area contributed by atoms with E-state index in [9.17, 15) is 0 Å². The molecular formula is C17H17ClN2O. The average molecular weight is 301 g/mol. The van der Waals surface area contributed by atoms with Crippen LogP contribution in [0.1, 0.15) is 23.1 Å². The van der Waals surface area contributed by atoms with Crippen molar-refractivity contribution in [2.75, 3.05) is 7.05 Å². The summed E-state index contributed by atoms with van der Waals surface area (Å²) in [7, 11) is 1.92. The fourth-order valence-corrected chi connectivity index (χ4v) is 2.75. The zero-order valence-electron chi connectivity index (χ0n) is 12.1. The molecule has 0 radical (unpaired) electrons. The molecule has 0 aliphatic rings. The van der Waals surface area contributed by atoms with Crippen molar-refractivity contribution in [2.45, 2.75) is 19.4 Å². The first kappa shape index (κ1) is 14.1. The van der Waals surface area contributed by atoms with Crippen LogP contribution in [-0.4, -0.2) is 12.0 Å². The van der Waals surface area contributed by atoms with E-state index in [0.717, 1.165) is 27.2 Å². The molecule has 3 nitrogen and oxygen atoms in total. The van der Waals surface area contributed by atoms with Gasteiger partial charge in [0, 0.05) is 17.5 Å². The van der Waals surface area contributed by atoms with Gasteiger partial charge in [0.25, 0.3) is 0 Å². The summed E-state index contributed by atoms with van der Waals surface area (Å²) < 4.78 is 5.80. The number of hydrogen-bond acceptors (Lipinski definition) is 3. The van der Waals surface area contributed by atoms with Crippen LogP contribution in [-0.2, 0) is 6.42 Å². The smallest absolute Gasteiger partial charge is 0.197 e. The molecule has 4 heteroatoms. The number of hydrogen-bond donors (Lipinski definition) is 1. The fourth-order valence-electron chi connectivity index (χ4n) is 2.49. The van der Waals surface area contributed by atoms with Crippen LogP contribution in [0.15, 0.2) is 46.9 Å². The highest BCUT2D eigenvalue weighted by atomic mass is 35.5. The summed E-state index contributed by atoms with van der Waals surface area (Å²) in [5.74, 6) is 0.716. The molecular weight excluding hydrogens is 284 g/mol. The summed E-state index contributed by atoms with van der Waals surface area (Å²) in [6.07, 6.45) is 0.661. The lowest BCUT2D eigenvalue weighted by atomic mass is 10.0. The number of fused-ring (bicyclic) bond motifs is 1. The molecule has 1 unspecified atom stereocenters. The van der Waals surface area contributed by atoms with Crippen LogP contribution in [0.5, 0.6) is 0 Å². The summed E-state index contributed by atoms with van der Waals surface area (Å²) in [5, 5.41) is 4.09. The van der Waals surface area contributed by atoms with E-state index in [1.54, 1.807) is 0 Å². The summed E-state index contributed by atoms with van der Waals surface area (Å²) >= 11 is 6.42. The Morgan fingerprint density at radius 3 is 2.76 bits per heavy atom. The molecule has 3 aromatic rings. The number of benzene rings is 2. The summed E-state index contributed by atoms with van der Waals surface area (Å²) in [4.78, 5) is 4.53. The first-order chi connectivity index (χ1) is 10.2. The summed E-state index contributed by atoms with van der Waals surface area (Å²) in [6.45, 7) is 2.01. The summed E-state index contributed by atoms with van der Waals surface area (Å²) in [6, 6.07) is 13.9. The molecule has 0 bridgehead atoms. The SMILES string of the molecule is CNC(Cc1nc2ccccc2o1)c1cccc(C)c1Cl. The van der Waals surface area contributed by atoms with Crippen LogP contribution in [0, 0.1) is 6.92 Å². The van der Waals surface area contributed by atoms with Crippen LogP contribution in [0.2, 0.25) is 5.02 Å². The second-order valence-electron chi connectivity index (χ2n) is 5.10. The predicted octanol–water partition coefficient (Wildman–Crippen LogP) is 4.29. The quantitative estimate of drug-likeness (QED) is 0.781. The van der Waals surface area contributed by atoms with Crippen molar-refractivity contribution < 1.29 is 4.42 Å². The van der Waals surface area contributed by atoms with E-state index in [4.69, 9.17) is 16.0 Å². The highest BCUT2D eigenvalue weighted by Crippen LogP contribution is 2.28. The number of aryl methyl sites for hydroxylation is 1. The molecule has 1 heterocycles. The molecule has 0 saturated carbocycles. The van der Waals surface area contributed by atoms with Crippen LogP contribution in [0.25, 0.3) is 11.1 Å². The van der Waals surface area contributed by atoms with Gasteiger partial charge in [-0.3, -0.25) is 0 Å². The van der Waals surface area contributed by atoms with Gasteiger partial charge >= 0.3 is 0 Å². The van der Waals surface area contributed by atoms with Crippen LogP contribution in [0.3, 0.4) is 0 Å². The highest BCUT2D eigenvalue weighted by Gasteiger charge is 2.17. The largest absolute Gasteiger partial charge is 0.441 e.